The first-order valence-electron chi connectivity index (χ1n) is 5.61. The molecule has 2 aromatic rings. The number of carboxylic acid groups (broad SMARTS) is 1. The third-order valence-corrected chi connectivity index (χ3v) is 2.46. The Kier molecular flexibility index (Phi) is 3.65. The quantitative estimate of drug-likeness (QED) is 0.822. The van der Waals surface area contributed by atoms with Gasteiger partial charge in [0.2, 0.25) is 11.7 Å². The molecular formula is C12H13N3O4. The van der Waals surface area contributed by atoms with Crippen molar-refractivity contribution in [3.05, 3.63) is 41.6 Å². The minimum Gasteiger partial charge on any atom is -0.475 e. The van der Waals surface area contributed by atoms with Gasteiger partial charge >= 0.3 is 5.97 Å². The molecule has 0 saturated carbocycles. The standard InChI is InChI=1S/C12H13N3O4/c1-15-7-8(5-14-15)4-11(16)13-6-9-2-3-10(19-9)12(17)18/h2-3,5,7H,4,6H2,1H3,(H,13,16)(H,17,18). The van der Waals surface area contributed by atoms with E-state index in [0.29, 0.717) is 5.76 Å². The largest absolute Gasteiger partial charge is 0.475 e. The van der Waals surface area contributed by atoms with Crippen molar-refractivity contribution in [1.82, 2.24) is 15.1 Å². The summed E-state index contributed by atoms with van der Waals surface area (Å²) in [5, 5.41) is 15.3. The number of carbonyl (C=O) groups is 2. The van der Waals surface area contributed by atoms with Crippen LogP contribution in [0.15, 0.2) is 28.9 Å². The van der Waals surface area contributed by atoms with Crippen LogP contribution in [0.3, 0.4) is 0 Å². The van der Waals surface area contributed by atoms with Gasteiger partial charge in [0.15, 0.2) is 0 Å². The Hall–Kier alpha value is -2.57. The molecule has 0 saturated heterocycles. The molecule has 0 aromatic carbocycles. The summed E-state index contributed by atoms with van der Waals surface area (Å²) in [7, 11) is 1.78. The number of furan rings is 1. The van der Waals surface area contributed by atoms with Crippen LogP contribution in [0.1, 0.15) is 21.9 Å². The lowest BCUT2D eigenvalue weighted by molar-refractivity contribution is -0.120. The first kappa shape index (κ1) is 12.9. The molecule has 7 nitrogen and oxygen atoms in total. The Morgan fingerprint density at radius 2 is 2.26 bits per heavy atom. The molecule has 0 fully saturated rings. The number of amides is 1. The zero-order chi connectivity index (χ0) is 13.8. The lowest BCUT2D eigenvalue weighted by Gasteiger charge is -2.01. The number of hydrogen-bond acceptors (Lipinski definition) is 4. The van der Waals surface area contributed by atoms with E-state index in [9.17, 15) is 9.59 Å². The molecule has 0 aliphatic carbocycles. The molecule has 0 unspecified atom stereocenters. The lowest BCUT2D eigenvalue weighted by atomic mass is 10.2. The van der Waals surface area contributed by atoms with E-state index in [1.165, 1.54) is 12.1 Å². The molecule has 2 heterocycles. The maximum Gasteiger partial charge on any atom is 0.371 e. The zero-order valence-corrected chi connectivity index (χ0v) is 10.3. The average molecular weight is 263 g/mol. The van der Waals surface area contributed by atoms with Crippen LogP contribution < -0.4 is 5.32 Å². The third kappa shape index (κ3) is 3.44. The van der Waals surface area contributed by atoms with Gasteiger partial charge in [0, 0.05) is 13.2 Å². The predicted octanol–water partition coefficient (Wildman–Crippen LogP) is 0.570. The molecule has 0 bridgehead atoms. The van der Waals surface area contributed by atoms with E-state index in [4.69, 9.17) is 9.52 Å². The van der Waals surface area contributed by atoms with E-state index in [2.05, 4.69) is 10.4 Å². The first-order chi connectivity index (χ1) is 9.04. The third-order valence-electron chi connectivity index (χ3n) is 2.46. The summed E-state index contributed by atoms with van der Waals surface area (Å²) < 4.78 is 6.64. The second kappa shape index (κ2) is 5.38. The van der Waals surface area contributed by atoms with Crippen LogP contribution in [0.25, 0.3) is 0 Å². The molecule has 19 heavy (non-hydrogen) atoms. The van der Waals surface area contributed by atoms with Gasteiger partial charge in [-0.1, -0.05) is 0 Å². The van der Waals surface area contributed by atoms with Gasteiger partial charge in [-0.2, -0.15) is 5.10 Å². The molecule has 0 atom stereocenters. The monoisotopic (exact) mass is 263 g/mol. The molecule has 2 aromatic heterocycles. The molecule has 2 N–H and O–H groups in total. The van der Waals surface area contributed by atoms with Crippen molar-refractivity contribution in [1.29, 1.82) is 0 Å². The SMILES string of the molecule is Cn1cc(CC(=O)NCc2ccc(C(=O)O)o2)cn1. The number of hydrogen-bond donors (Lipinski definition) is 2. The summed E-state index contributed by atoms with van der Waals surface area (Å²) in [5.74, 6) is -1.05. The molecule has 2 rings (SSSR count). The number of nitrogens with one attached hydrogen (secondary N) is 1. The minimum atomic E-state index is -1.13. The number of aryl methyl sites for hydroxylation is 1. The number of carboxylic acids is 1. The van der Waals surface area contributed by atoms with E-state index in [0.717, 1.165) is 5.56 Å². The van der Waals surface area contributed by atoms with Crippen LogP contribution >= 0.6 is 0 Å². The molecule has 0 aliphatic heterocycles. The van der Waals surface area contributed by atoms with Gasteiger partial charge in [0.05, 0.1) is 19.2 Å². The van der Waals surface area contributed by atoms with Crippen molar-refractivity contribution in [2.45, 2.75) is 13.0 Å². The average Bonchev–Trinajstić information content (AvgIpc) is 2.96. The van der Waals surface area contributed by atoms with Gasteiger partial charge < -0.3 is 14.8 Å². The van der Waals surface area contributed by atoms with Gasteiger partial charge in [-0.25, -0.2) is 4.79 Å². The topological polar surface area (TPSA) is 97.4 Å². The molecule has 0 radical (unpaired) electrons. The molecule has 7 heteroatoms. The Labute approximate surface area is 108 Å². The Morgan fingerprint density at radius 1 is 1.47 bits per heavy atom. The minimum absolute atomic E-state index is 0.142. The van der Waals surface area contributed by atoms with Crippen molar-refractivity contribution in [2.24, 2.45) is 7.05 Å². The second-order valence-corrected chi connectivity index (χ2v) is 4.05. The smallest absolute Gasteiger partial charge is 0.371 e. The highest BCUT2D eigenvalue weighted by Gasteiger charge is 2.10. The highest BCUT2D eigenvalue weighted by Crippen LogP contribution is 2.07. The maximum atomic E-state index is 11.6. The van der Waals surface area contributed by atoms with Crippen LogP contribution in [0.2, 0.25) is 0 Å². The van der Waals surface area contributed by atoms with Crippen molar-refractivity contribution in [2.75, 3.05) is 0 Å². The maximum absolute atomic E-state index is 11.6. The van der Waals surface area contributed by atoms with Gasteiger partial charge in [-0.3, -0.25) is 9.48 Å². The van der Waals surface area contributed by atoms with E-state index >= 15 is 0 Å². The van der Waals surface area contributed by atoms with Gasteiger partial charge in [-0.05, 0) is 17.7 Å². The van der Waals surface area contributed by atoms with Crippen molar-refractivity contribution in [3.8, 4) is 0 Å². The summed E-state index contributed by atoms with van der Waals surface area (Å²) in [6, 6.07) is 2.87. The normalized spacial score (nSPS) is 10.4. The zero-order valence-electron chi connectivity index (χ0n) is 10.3. The highest BCUT2D eigenvalue weighted by atomic mass is 16.4. The van der Waals surface area contributed by atoms with Crippen LogP contribution in [0, 0.1) is 0 Å². The fourth-order valence-electron chi connectivity index (χ4n) is 1.58. The summed E-state index contributed by atoms with van der Waals surface area (Å²) in [6.45, 7) is 0.159. The van der Waals surface area contributed by atoms with E-state index < -0.39 is 5.97 Å². The molecule has 1 amide bonds. The predicted molar refractivity (Wildman–Crippen MR) is 64.4 cm³/mol. The van der Waals surface area contributed by atoms with E-state index in [1.54, 1.807) is 24.1 Å². The van der Waals surface area contributed by atoms with Crippen LogP contribution in [0.4, 0.5) is 0 Å². The first-order valence-corrected chi connectivity index (χ1v) is 5.61. The van der Waals surface area contributed by atoms with Gasteiger partial charge in [0.25, 0.3) is 0 Å². The lowest BCUT2D eigenvalue weighted by Crippen LogP contribution is -2.24. The van der Waals surface area contributed by atoms with Crippen LogP contribution in [-0.2, 0) is 24.8 Å². The van der Waals surface area contributed by atoms with E-state index in [-0.39, 0.29) is 24.6 Å². The Morgan fingerprint density at radius 3 is 2.84 bits per heavy atom. The summed E-state index contributed by atoms with van der Waals surface area (Å²) in [6.07, 6.45) is 3.60. The second-order valence-electron chi connectivity index (χ2n) is 4.05. The molecule has 0 spiro atoms. The molecule has 100 valence electrons. The fourth-order valence-corrected chi connectivity index (χ4v) is 1.58. The number of aromatic nitrogens is 2. The van der Waals surface area contributed by atoms with Crippen molar-refractivity contribution in [3.63, 3.8) is 0 Å². The van der Waals surface area contributed by atoms with E-state index in [1.807, 2.05) is 0 Å². The van der Waals surface area contributed by atoms with Crippen molar-refractivity contribution >= 4 is 11.9 Å². The number of aromatic carboxylic acids is 1. The fraction of sp³-hybridized carbons (Fsp3) is 0.250. The number of nitrogens with zero attached hydrogens (tertiary/aromatic N) is 2. The van der Waals surface area contributed by atoms with Gasteiger partial charge in [0.1, 0.15) is 5.76 Å². The van der Waals surface area contributed by atoms with Crippen LogP contribution in [-0.4, -0.2) is 26.8 Å². The number of carbonyl (C=O) groups excluding carboxylic acids is 1. The number of rotatable bonds is 5. The van der Waals surface area contributed by atoms with Crippen LogP contribution in [0.5, 0.6) is 0 Å². The van der Waals surface area contributed by atoms with Crippen molar-refractivity contribution < 1.29 is 19.1 Å². The summed E-state index contributed by atoms with van der Waals surface area (Å²) in [5.41, 5.74) is 0.811. The summed E-state index contributed by atoms with van der Waals surface area (Å²) >= 11 is 0. The highest BCUT2D eigenvalue weighted by molar-refractivity contribution is 5.84. The Bertz CT molecular complexity index is 600. The molecule has 0 aliphatic rings. The summed E-state index contributed by atoms with van der Waals surface area (Å²) in [4.78, 5) is 22.2. The Balaban J connectivity index is 1.84. The van der Waals surface area contributed by atoms with Gasteiger partial charge in [-0.15, -0.1) is 0 Å². The molecular weight excluding hydrogens is 250 g/mol.